The minimum Gasteiger partial charge on any atom is -0.356 e. The molecule has 1 aliphatic heterocycles. The van der Waals surface area contributed by atoms with Gasteiger partial charge in [-0.25, -0.2) is 9.97 Å². The smallest absolute Gasteiger partial charge is 0.274 e. The van der Waals surface area contributed by atoms with Crippen molar-refractivity contribution in [3.63, 3.8) is 0 Å². The molecule has 1 fully saturated rings. The van der Waals surface area contributed by atoms with Gasteiger partial charge in [0, 0.05) is 24.0 Å². The van der Waals surface area contributed by atoms with Gasteiger partial charge in [-0.3, -0.25) is 9.89 Å². The minimum absolute atomic E-state index is 0.0736. The van der Waals surface area contributed by atoms with Gasteiger partial charge in [-0.15, -0.1) is 0 Å². The summed E-state index contributed by atoms with van der Waals surface area (Å²) >= 11 is 0. The fraction of sp³-hybridized carbons (Fsp3) is 0.500. The average Bonchev–Trinajstić information content (AvgIpc) is 3.36. The molecule has 0 bridgehead atoms. The second-order valence-electron chi connectivity index (χ2n) is 8.31. The van der Waals surface area contributed by atoms with Crippen LogP contribution in [0, 0.1) is 20.8 Å². The van der Waals surface area contributed by atoms with Crippen molar-refractivity contribution in [1.29, 1.82) is 0 Å². The summed E-state index contributed by atoms with van der Waals surface area (Å²) in [5.41, 5.74) is 4.82. The van der Waals surface area contributed by atoms with E-state index in [9.17, 15) is 4.79 Å². The zero-order valence-corrected chi connectivity index (χ0v) is 18.2. The second-order valence-corrected chi connectivity index (χ2v) is 8.31. The van der Waals surface area contributed by atoms with Gasteiger partial charge in [-0.1, -0.05) is 19.0 Å². The number of amides is 1. The molecular formula is C22H28N6O2. The molecule has 0 saturated carbocycles. The van der Waals surface area contributed by atoms with Crippen molar-refractivity contribution in [2.45, 2.75) is 65.8 Å². The fourth-order valence-electron chi connectivity index (χ4n) is 3.93. The van der Waals surface area contributed by atoms with Gasteiger partial charge in [0.05, 0.1) is 23.0 Å². The number of carbonyl (C=O) groups excluding carboxylic acids is 1. The van der Waals surface area contributed by atoms with Crippen LogP contribution < -0.4 is 0 Å². The van der Waals surface area contributed by atoms with Crippen LogP contribution >= 0.6 is 0 Å². The molecule has 158 valence electrons. The Morgan fingerprint density at radius 3 is 2.73 bits per heavy atom. The summed E-state index contributed by atoms with van der Waals surface area (Å²) < 4.78 is 5.61. The molecule has 30 heavy (non-hydrogen) atoms. The highest BCUT2D eigenvalue weighted by atomic mass is 16.5. The summed E-state index contributed by atoms with van der Waals surface area (Å²) in [4.78, 5) is 24.4. The Balaban J connectivity index is 1.75. The van der Waals surface area contributed by atoms with Crippen LogP contribution in [0.5, 0.6) is 0 Å². The molecule has 3 aromatic heterocycles. The van der Waals surface area contributed by atoms with Crippen molar-refractivity contribution >= 4 is 5.91 Å². The van der Waals surface area contributed by atoms with Crippen LogP contribution in [0.15, 0.2) is 16.8 Å². The van der Waals surface area contributed by atoms with Crippen molar-refractivity contribution in [2.24, 2.45) is 0 Å². The van der Waals surface area contributed by atoms with Gasteiger partial charge in [0.25, 0.3) is 5.91 Å². The number of nitrogens with one attached hydrogen (secondary N) is 1. The van der Waals surface area contributed by atoms with E-state index in [0.717, 1.165) is 47.5 Å². The lowest BCUT2D eigenvalue weighted by Gasteiger charge is -2.35. The number of aromatic nitrogens is 5. The number of nitrogens with zero attached hydrogens (tertiary/aromatic N) is 5. The zero-order chi connectivity index (χ0) is 21.4. The summed E-state index contributed by atoms with van der Waals surface area (Å²) in [6, 6.07) is 1.70. The number of piperidine rings is 1. The Morgan fingerprint density at radius 1 is 1.27 bits per heavy atom. The molecule has 8 nitrogen and oxygen atoms in total. The number of aromatic amines is 1. The third-order valence-corrected chi connectivity index (χ3v) is 5.86. The van der Waals surface area contributed by atoms with Gasteiger partial charge in [0.1, 0.15) is 11.5 Å². The summed E-state index contributed by atoms with van der Waals surface area (Å²) in [5, 5.41) is 11.4. The Morgan fingerprint density at radius 2 is 2.07 bits per heavy atom. The van der Waals surface area contributed by atoms with Crippen molar-refractivity contribution in [3.8, 4) is 11.3 Å². The van der Waals surface area contributed by atoms with Crippen LogP contribution in [-0.2, 0) is 0 Å². The van der Waals surface area contributed by atoms with E-state index in [0.29, 0.717) is 23.8 Å². The van der Waals surface area contributed by atoms with Crippen LogP contribution in [0.25, 0.3) is 11.3 Å². The first-order valence-electron chi connectivity index (χ1n) is 10.5. The molecule has 0 aromatic carbocycles. The average molecular weight is 409 g/mol. The van der Waals surface area contributed by atoms with Crippen molar-refractivity contribution < 1.29 is 9.32 Å². The van der Waals surface area contributed by atoms with Gasteiger partial charge >= 0.3 is 0 Å². The highest BCUT2D eigenvalue weighted by Crippen LogP contribution is 2.37. The Labute approximate surface area is 176 Å². The normalized spacial score (nSPS) is 17.0. The van der Waals surface area contributed by atoms with E-state index in [2.05, 4.69) is 34.2 Å². The highest BCUT2D eigenvalue weighted by molar-refractivity contribution is 5.93. The second kappa shape index (κ2) is 8.01. The maximum atomic E-state index is 13.4. The van der Waals surface area contributed by atoms with E-state index in [1.54, 1.807) is 6.20 Å². The summed E-state index contributed by atoms with van der Waals surface area (Å²) in [7, 11) is 0. The lowest BCUT2D eigenvalue weighted by atomic mass is 9.94. The quantitative estimate of drug-likeness (QED) is 0.692. The standard InChI is InChI=1S/C22H28N6O2/c1-12(2)17-10-18(26-25-17)22(29)28-9-7-6-8-19(28)20-16(11-23-15(5)24-20)21-13(3)14(4)27-30-21/h10-12,19H,6-9H2,1-5H3,(H,25,26)/t19-/m1/s1. The number of rotatable bonds is 4. The van der Waals surface area contributed by atoms with E-state index in [4.69, 9.17) is 9.51 Å². The molecule has 0 unspecified atom stereocenters. The van der Waals surface area contributed by atoms with Crippen molar-refractivity contribution in [3.05, 3.63) is 46.4 Å². The largest absolute Gasteiger partial charge is 0.356 e. The molecular weight excluding hydrogens is 380 g/mol. The fourth-order valence-corrected chi connectivity index (χ4v) is 3.93. The number of hydrogen-bond donors (Lipinski definition) is 1. The van der Waals surface area contributed by atoms with E-state index < -0.39 is 0 Å². The van der Waals surface area contributed by atoms with E-state index >= 15 is 0 Å². The molecule has 3 aromatic rings. The van der Waals surface area contributed by atoms with Gasteiger partial charge in [0.2, 0.25) is 0 Å². The van der Waals surface area contributed by atoms with Crippen molar-refractivity contribution in [1.82, 2.24) is 30.2 Å². The van der Waals surface area contributed by atoms with Gasteiger partial charge < -0.3 is 9.42 Å². The Bertz CT molecular complexity index is 1070. The third kappa shape index (κ3) is 3.62. The molecule has 4 rings (SSSR count). The number of likely N-dealkylation sites (tertiary alicyclic amines) is 1. The van der Waals surface area contributed by atoms with Crippen molar-refractivity contribution in [2.75, 3.05) is 6.54 Å². The molecule has 1 amide bonds. The maximum absolute atomic E-state index is 13.4. The minimum atomic E-state index is -0.160. The SMILES string of the molecule is Cc1ncc(-c2onc(C)c2C)c([C@H]2CCCCN2C(=O)c2cc(C(C)C)[nH]n2)n1. The molecule has 1 N–H and O–H groups in total. The zero-order valence-electron chi connectivity index (χ0n) is 18.2. The number of H-pyrrole nitrogens is 1. The molecule has 0 aliphatic carbocycles. The maximum Gasteiger partial charge on any atom is 0.274 e. The van der Waals surface area contributed by atoms with Crippen LogP contribution in [0.3, 0.4) is 0 Å². The molecule has 0 radical (unpaired) electrons. The van der Waals surface area contributed by atoms with Gasteiger partial charge in [-0.2, -0.15) is 5.10 Å². The van der Waals surface area contributed by atoms with Crippen LogP contribution in [-0.4, -0.2) is 42.7 Å². The monoisotopic (exact) mass is 408 g/mol. The Kier molecular flexibility index (Phi) is 5.40. The number of carbonyl (C=O) groups is 1. The summed E-state index contributed by atoms with van der Waals surface area (Å²) in [6.07, 6.45) is 4.61. The molecule has 1 saturated heterocycles. The predicted octanol–water partition coefficient (Wildman–Crippen LogP) is 4.27. The molecule has 8 heteroatoms. The summed E-state index contributed by atoms with van der Waals surface area (Å²) in [5.74, 6) is 1.55. The molecule has 4 heterocycles. The van der Waals surface area contributed by atoms with Crippen LogP contribution in [0.2, 0.25) is 0 Å². The summed E-state index contributed by atoms with van der Waals surface area (Å²) in [6.45, 7) is 10.6. The topological polar surface area (TPSA) is 101 Å². The molecule has 0 spiro atoms. The number of aryl methyl sites for hydroxylation is 2. The highest BCUT2D eigenvalue weighted by Gasteiger charge is 2.34. The van der Waals surface area contributed by atoms with Crippen LogP contribution in [0.1, 0.15) is 84.0 Å². The van der Waals surface area contributed by atoms with E-state index in [1.807, 2.05) is 31.7 Å². The first kappa shape index (κ1) is 20.3. The molecule has 1 aliphatic rings. The van der Waals surface area contributed by atoms with Crippen LogP contribution in [0.4, 0.5) is 0 Å². The Hall–Kier alpha value is -3.03. The first-order chi connectivity index (χ1) is 14.4. The third-order valence-electron chi connectivity index (χ3n) is 5.86. The lowest BCUT2D eigenvalue weighted by molar-refractivity contribution is 0.0600. The lowest BCUT2D eigenvalue weighted by Crippen LogP contribution is -2.39. The van der Waals surface area contributed by atoms with Gasteiger partial charge in [0.15, 0.2) is 5.76 Å². The predicted molar refractivity (Wildman–Crippen MR) is 112 cm³/mol. The van der Waals surface area contributed by atoms with Gasteiger partial charge in [-0.05, 0) is 52.0 Å². The first-order valence-corrected chi connectivity index (χ1v) is 10.5. The van der Waals surface area contributed by atoms with E-state index in [1.165, 1.54) is 0 Å². The molecule has 1 atom stereocenters. The number of hydrogen-bond acceptors (Lipinski definition) is 6. The van der Waals surface area contributed by atoms with E-state index in [-0.39, 0.29) is 17.9 Å².